The van der Waals surface area contributed by atoms with Gasteiger partial charge in [0.15, 0.2) is 0 Å². The van der Waals surface area contributed by atoms with E-state index in [-0.39, 0.29) is 25.5 Å². The molecule has 0 atom stereocenters. The Kier molecular flexibility index (Phi) is 9.08. The second kappa shape index (κ2) is 9.66. The summed E-state index contributed by atoms with van der Waals surface area (Å²) in [7, 11) is -3.52. The van der Waals surface area contributed by atoms with Crippen molar-refractivity contribution in [3.05, 3.63) is 36.4 Å². The van der Waals surface area contributed by atoms with Crippen LogP contribution in [0.4, 0.5) is 0 Å². The molecule has 0 spiro atoms. The lowest BCUT2D eigenvalue weighted by atomic mass is 10.4. The van der Waals surface area contributed by atoms with Crippen LogP contribution in [0.25, 0.3) is 0 Å². The summed E-state index contributed by atoms with van der Waals surface area (Å²) in [6, 6.07) is 6.65. The summed E-state index contributed by atoms with van der Waals surface area (Å²) >= 11 is 1.55. The molecule has 1 aromatic carbocycles. The largest absolute Gasteiger partial charge is 0.462 e. The smallest absolute Gasteiger partial charge is 0.333 e. The Balaban J connectivity index is 0.00000441. The van der Waals surface area contributed by atoms with Crippen LogP contribution in [-0.2, 0) is 19.6 Å². The lowest BCUT2D eigenvalue weighted by molar-refractivity contribution is -0.138. The number of carbonyl (C=O) groups is 1. The summed E-state index contributed by atoms with van der Waals surface area (Å²) in [4.78, 5) is 12.3. The van der Waals surface area contributed by atoms with Crippen LogP contribution in [0.15, 0.2) is 46.2 Å². The number of rotatable bonds is 8. The van der Waals surface area contributed by atoms with E-state index in [2.05, 4.69) is 11.3 Å². The third-order valence-corrected chi connectivity index (χ3v) is 4.79. The molecule has 7 heteroatoms. The zero-order valence-electron chi connectivity index (χ0n) is 12.1. The number of carbonyl (C=O) groups excluding carboxylic acids is 1. The third kappa shape index (κ3) is 6.64. The molecule has 0 bridgehead atoms. The van der Waals surface area contributed by atoms with Crippen LogP contribution in [-0.4, -0.2) is 33.8 Å². The van der Waals surface area contributed by atoms with Crippen molar-refractivity contribution in [3.8, 4) is 0 Å². The highest BCUT2D eigenvalue weighted by molar-refractivity contribution is 7.98. The Morgan fingerprint density at radius 1 is 1.32 bits per heavy atom. The van der Waals surface area contributed by atoms with Gasteiger partial charge in [-0.25, -0.2) is 17.9 Å². The fraction of sp³-hybridized carbons (Fsp3) is 0.400. The minimum atomic E-state index is -3.52. The number of sulfonamides is 1. The molecule has 0 aromatic heterocycles. The molecular weight excluding hydrogens is 322 g/mol. The van der Waals surface area contributed by atoms with E-state index in [1.807, 2.05) is 6.26 Å². The highest BCUT2D eigenvalue weighted by Crippen LogP contribution is 2.17. The third-order valence-electron chi connectivity index (χ3n) is 2.56. The van der Waals surface area contributed by atoms with Crippen LogP contribution >= 0.6 is 11.8 Å². The fourth-order valence-electron chi connectivity index (χ4n) is 1.40. The molecule has 0 heterocycles. The maximum atomic E-state index is 12.0. The number of nitrogens with one attached hydrogen (secondary N) is 1. The van der Waals surface area contributed by atoms with Crippen molar-refractivity contribution in [3.63, 3.8) is 0 Å². The van der Waals surface area contributed by atoms with E-state index < -0.39 is 16.0 Å². The number of esters is 1. The first-order valence-corrected chi connectivity index (χ1v) is 9.04. The molecule has 0 aliphatic rings. The Morgan fingerprint density at radius 3 is 2.41 bits per heavy atom. The minimum absolute atomic E-state index is 0. The predicted octanol–water partition coefficient (Wildman–Crippen LogP) is 2.83. The standard InChI is InChI=1S/C14H19NO4S2.CH4/c1-11(2)14(16)19-10-4-9-15-21(17,18)13-7-5-12(20-3)6-8-13;/h5-8,15H,1,4,9-10H2,2-3H3;1H4. The topological polar surface area (TPSA) is 72.5 Å². The van der Waals surface area contributed by atoms with Crippen molar-refractivity contribution in [1.29, 1.82) is 0 Å². The molecule has 0 fully saturated rings. The summed E-state index contributed by atoms with van der Waals surface area (Å²) in [5.74, 6) is -0.467. The van der Waals surface area contributed by atoms with Crippen LogP contribution in [0.3, 0.4) is 0 Å². The first-order valence-electron chi connectivity index (χ1n) is 6.33. The molecule has 1 aromatic rings. The van der Waals surface area contributed by atoms with Gasteiger partial charge in [-0.05, 0) is 43.9 Å². The molecule has 0 saturated carbocycles. The van der Waals surface area contributed by atoms with Crippen molar-refractivity contribution in [2.75, 3.05) is 19.4 Å². The number of thioether (sulfide) groups is 1. The number of hydrogen-bond donors (Lipinski definition) is 1. The van der Waals surface area contributed by atoms with Crippen LogP contribution in [0.1, 0.15) is 20.8 Å². The van der Waals surface area contributed by atoms with Gasteiger partial charge in [-0.2, -0.15) is 0 Å². The van der Waals surface area contributed by atoms with Gasteiger partial charge in [0.2, 0.25) is 10.0 Å². The van der Waals surface area contributed by atoms with Crippen molar-refractivity contribution in [2.45, 2.75) is 30.6 Å². The van der Waals surface area contributed by atoms with Gasteiger partial charge in [-0.15, -0.1) is 11.8 Å². The van der Waals surface area contributed by atoms with Gasteiger partial charge in [-0.3, -0.25) is 0 Å². The van der Waals surface area contributed by atoms with Gasteiger partial charge in [-0.1, -0.05) is 14.0 Å². The Morgan fingerprint density at radius 2 is 1.91 bits per heavy atom. The number of hydrogen-bond acceptors (Lipinski definition) is 5. The summed E-state index contributed by atoms with van der Waals surface area (Å²) in [5.41, 5.74) is 0.324. The number of benzene rings is 1. The first kappa shape index (κ1) is 20.7. The predicted molar refractivity (Wildman–Crippen MR) is 90.5 cm³/mol. The molecule has 0 unspecified atom stereocenters. The molecule has 0 aliphatic carbocycles. The van der Waals surface area contributed by atoms with Gasteiger partial charge in [0.1, 0.15) is 0 Å². The van der Waals surface area contributed by atoms with E-state index in [4.69, 9.17) is 4.74 Å². The first-order chi connectivity index (χ1) is 9.86. The second-order valence-corrected chi connectivity index (χ2v) is 6.99. The second-order valence-electron chi connectivity index (χ2n) is 4.34. The quantitative estimate of drug-likeness (QED) is 0.339. The molecule has 5 nitrogen and oxygen atoms in total. The molecule has 124 valence electrons. The molecule has 0 aliphatic heterocycles. The molecule has 22 heavy (non-hydrogen) atoms. The molecule has 1 N–H and O–H groups in total. The lowest BCUT2D eigenvalue weighted by Crippen LogP contribution is -2.25. The molecule has 0 radical (unpaired) electrons. The van der Waals surface area contributed by atoms with Crippen molar-refractivity contribution >= 4 is 27.8 Å². The average molecular weight is 345 g/mol. The maximum Gasteiger partial charge on any atom is 0.333 e. The monoisotopic (exact) mass is 345 g/mol. The van der Waals surface area contributed by atoms with Gasteiger partial charge in [0.05, 0.1) is 11.5 Å². The van der Waals surface area contributed by atoms with Crippen LogP contribution in [0, 0.1) is 0 Å². The summed E-state index contributed by atoms with van der Waals surface area (Å²) in [6.07, 6.45) is 2.33. The van der Waals surface area contributed by atoms with E-state index in [1.165, 1.54) is 0 Å². The Hall–Kier alpha value is -1.31. The van der Waals surface area contributed by atoms with Gasteiger partial charge < -0.3 is 4.74 Å². The molecular formula is C15H23NO4S2. The minimum Gasteiger partial charge on any atom is -0.462 e. The highest BCUT2D eigenvalue weighted by atomic mass is 32.2. The van der Waals surface area contributed by atoms with E-state index in [0.29, 0.717) is 12.0 Å². The Bertz CT molecular complexity index is 594. The number of ether oxygens (including phenoxy) is 1. The fourth-order valence-corrected chi connectivity index (χ4v) is 2.89. The highest BCUT2D eigenvalue weighted by Gasteiger charge is 2.13. The molecule has 0 amide bonds. The van der Waals surface area contributed by atoms with Crippen LogP contribution in [0.2, 0.25) is 0 Å². The van der Waals surface area contributed by atoms with Gasteiger partial charge in [0, 0.05) is 17.0 Å². The zero-order chi connectivity index (χ0) is 15.9. The maximum absolute atomic E-state index is 12.0. The van der Waals surface area contributed by atoms with Crippen LogP contribution in [0.5, 0.6) is 0 Å². The summed E-state index contributed by atoms with van der Waals surface area (Å²) < 4.78 is 31.3. The summed E-state index contributed by atoms with van der Waals surface area (Å²) in [6.45, 7) is 5.37. The van der Waals surface area contributed by atoms with E-state index in [0.717, 1.165) is 4.90 Å². The van der Waals surface area contributed by atoms with Crippen molar-refractivity contribution < 1.29 is 17.9 Å². The van der Waals surface area contributed by atoms with Gasteiger partial charge in [0.25, 0.3) is 0 Å². The van der Waals surface area contributed by atoms with Crippen molar-refractivity contribution in [2.24, 2.45) is 0 Å². The molecule has 1 rings (SSSR count). The SMILES string of the molecule is C.C=C(C)C(=O)OCCCNS(=O)(=O)c1ccc(SC)cc1. The van der Waals surface area contributed by atoms with E-state index >= 15 is 0 Å². The van der Waals surface area contributed by atoms with Crippen molar-refractivity contribution in [1.82, 2.24) is 4.72 Å². The zero-order valence-corrected chi connectivity index (χ0v) is 13.7. The average Bonchev–Trinajstić information content (AvgIpc) is 2.46. The summed E-state index contributed by atoms with van der Waals surface area (Å²) in [5, 5.41) is 0. The Labute approximate surface area is 137 Å². The normalized spacial score (nSPS) is 10.6. The molecule has 0 saturated heterocycles. The van der Waals surface area contributed by atoms with Crippen LogP contribution < -0.4 is 4.72 Å². The van der Waals surface area contributed by atoms with Gasteiger partial charge >= 0.3 is 5.97 Å². The van der Waals surface area contributed by atoms with E-state index in [9.17, 15) is 13.2 Å². The van der Waals surface area contributed by atoms with E-state index in [1.54, 1.807) is 43.0 Å². The lowest BCUT2D eigenvalue weighted by Gasteiger charge is -2.08.